The fraction of sp³-hybridized carbons (Fsp3) is 1.00. The molecule has 0 radical (unpaired) electrons. The second-order valence-corrected chi connectivity index (χ2v) is 4.78. The lowest BCUT2D eigenvalue weighted by Gasteiger charge is -2.31. The summed E-state index contributed by atoms with van der Waals surface area (Å²) in [5.41, 5.74) is -0.516. The fourth-order valence-electron chi connectivity index (χ4n) is 1.46. The standard InChI is InChI=1S/C9H20O3S2/c10-3-1-2-9(6-11,7-12)4-8(14)5-13/h8,10-14H,1-7H2. The number of rotatable bonds is 8. The van der Waals surface area contributed by atoms with Crippen molar-refractivity contribution in [1.29, 1.82) is 0 Å². The average molecular weight is 240 g/mol. The molecule has 0 spiro atoms. The zero-order valence-corrected chi connectivity index (χ0v) is 10.1. The first-order valence-corrected chi connectivity index (χ1v) is 5.90. The monoisotopic (exact) mass is 240 g/mol. The first kappa shape index (κ1) is 14.6. The van der Waals surface area contributed by atoms with Crippen molar-refractivity contribution in [1.82, 2.24) is 0 Å². The van der Waals surface area contributed by atoms with Gasteiger partial charge in [0, 0.05) is 23.0 Å². The second kappa shape index (κ2) is 7.82. The second-order valence-electron chi connectivity index (χ2n) is 3.68. The van der Waals surface area contributed by atoms with Crippen LogP contribution in [0.25, 0.3) is 0 Å². The maximum absolute atomic E-state index is 9.25. The number of thiol groups is 2. The molecule has 1 unspecified atom stereocenters. The Bertz CT molecular complexity index is 140. The topological polar surface area (TPSA) is 60.7 Å². The predicted molar refractivity (Wildman–Crippen MR) is 64.2 cm³/mol. The summed E-state index contributed by atoms with van der Waals surface area (Å²) in [5, 5.41) is 27.3. The maximum atomic E-state index is 9.25. The van der Waals surface area contributed by atoms with Crippen molar-refractivity contribution in [2.45, 2.75) is 24.5 Å². The molecule has 0 aliphatic rings. The molecule has 3 nitrogen and oxygen atoms in total. The lowest BCUT2D eigenvalue weighted by molar-refractivity contribution is 0.0352. The van der Waals surface area contributed by atoms with Crippen molar-refractivity contribution < 1.29 is 15.3 Å². The Labute approximate surface area is 96.4 Å². The highest BCUT2D eigenvalue weighted by molar-refractivity contribution is 7.84. The molecule has 14 heavy (non-hydrogen) atoms. The molecule has 86 valence electrons. The maximum Gasteiger partial charge on any atom is 0.0509 e. The molecule has 0 aliphatic carbocycles. The largest absolute Gasteiger partial charge is 0.396 e. The van der Waals surface area contributed by atoms with Crippen LogP contribution in [0.15, 0.2) is 0 Å². The summed E-state index contributed by atoms with van der Waals surface area (Å²) in [7, 11) is 0. The van der Waals surface area contributed by atoms with E-state index in [4.69, 9.17) is 5.11 Å². The van der Waals surface area contributed by atoms with Crippen molar-refractivity contribution in [2.75, 3.05) is 25.6 Å². The lowest BCUT2D eigenvalue weighted by Crippen LogP contribution is -2.33. The van der Waals surface area contributed by atoms with Crippen LogP contribution < -0.4 is 0 Å². The smallest absolute Gasteiger partial charge is 0.0509 e. The summed E-state index contributed by atoms with van der Waals surface area (Å²) < 4.78 is 0. The van der Waals surface area contributed by atoms with Crippen LogP contribution in [-0.4, -0.2) is 46.1 Å². The molecule has 0 fully saturated rings. The molecular formula is C9H20O3S2. The third kappa shape index (κ3) is 4.89. The highest BCUT2D eigenvalue weighted by atomic mass is 32.1. The van der Waals surface area contributed by atoms with Crippen molar-refractivity contribution in [2.24, 2.45) is 5.41 Å². The number of hydrogen-bond acceptors (Lipinski definition) is 5. The van der Waals surface area contributed by atoms with E-state index in [0.717, 1.165) is 0 Å². The van der Waals surface area contributed by atoms with Gasteiger partial charge in [-0.25, -0.2) is 0 Å². The van der Waals surface area contributed by atoms with Gasteiger partial charge in [-0.15, -0.1) is 0 Å². The van der Waals surface area contributed by atoms with E-state index in [1.54, 1.807) is 0 Å². The average Bonchev–Trinajstić information content (AvgIpc) is 2.24. The Morgan fingerprint density at radius 3 is 2.07 bits per heavy atom. The van der Waals surface area contributed by atoms with Crippen LogP contribution in [0.1, 0.15) is 19.3 Å². The van der Waals surface area contributed by atoms with Crippen LogP contribution in [0.4, 0.5) is 0 Å². The SMILES string of the molecule is OCCCC(CO)(CO)CC(S)CS. The number of aliphatic hydroxyl groups is 3. The molecular weight excluding hydrogens is 220 g/mol. The third-order valence-corrected chi connectivity index (χ3v) is 3.51. The van der Waals surface area contributed by atoms with E-state index in [2.05, 4.69) is 25.3 Å². The Morgan fingerprint density at radius 1 is 1.14 bits per heavy atom. The number of hydrogen-bond donors (Lipinski definition) is 5. The fourth-order valence-corrected chi connectivity index (χ4v) is 1.97. The Hall–Kier alpha value is 0.580. The Balaban J connectivity index is 4.20. The molecule has 0 aliphatic heterocycles. The summed E-state index contributed by atoms with van der Waals surface area (Å²) in [4.78, 5) is 0. The molecule has 3 N–H and O–H groups in total. The molecule has 0 aromatic rings. The van der Waals surface area contributed by atoms with E-state index in [1.807, 2.05) is 0 Å². The third-order valence-electron chi connectivity index (χ3n) is 2.42. The van der Waals surface area contributed by atoms with Crippen molar-refractivity contribution in [3.05, 3.63) is 0 Å². The molecule has 0 heterocycles. The summed E-state index contributed by atoms with van der Waals surface area (Å²) in [6, 6.07) is 0. The van der Waals surface area contributed by atoms with Crippen molar-refractivity contribution in [3.63, 3.8) is 0 Å². The molecule has 0 saturated heterocycles. The molecule has 0 bridgehead atoms. The van der Waals surface area contributed by atoms with Gasteiger partial charge >= 0.3 is 0 Å². The zero-order valence-electron chi connectivity index (χ0n) is 8.26. The normalized spacial score (nSPS) is 14.4. The van der Waals surface area contributed by atoms with Crippen LogP contribution >= 0.6 is 25.3 Å². The quantitative estimate of drug-likeness (QED) is 0.398. The Morgan fingerprint density at radius 2 is 1.71 bits per heavy atom. The predicted octanol–water partition coefficient (Wildman–Crippen LogP) is 0.348. The van der Waals surface area contributed by atoms with Gasteiger partial charge in [0.2, 0.25) is 0 Å². The van der Waals surface area contributed by atoms with Gasteiger partial charge in [-0.1, -0.05) is 0 Å². The van der Waals surface area contributed by atoms with E-state index in [-0.39, 0.29) is 25.1 Å². The zero-order chi connectivity index (χ0) is 11.0. The molecule has 1 atom stereocenters. The van der Waals surface area contributed by atoms with E-state index in [9.17, 15) is 10.2 Å². The summed E-state index contributed by atoms with van der Waals surface area (Å²) in [6.07, 6.45) is 1.82. The van der Waals surface area contributed by atoms with E-state index < -0.39 is 5.41 Å². The minimum Gasteiger partial charge on any atom is -0.396 e. The van der Waals surface area contributed by atoms with Gasteiger partial charge in [0.05, 0.1) is 13.2 Å². The summed E-state index contributed by atoms with van der Waals surface area (Å²) in [5.74, 6) is 0.615. The van der Waals surface area contributed by atoms with Crippen LogP contribution in [-0.2, 0) is 0 Å². The first-order valence-electron chi connectivity index (χ1n) is 4.75. The van der Waals surface area contributed by atoms with E-state index >= 15 is 0 Å². The molecule has 0 aromatic carbocycles. The molecule has 0 amide bonds. The Kier molecular flexibility index (Phi) is 8.14. The van der Waals surface area contributed by atoms with Gasteiger partial charge in [-0.2, -0.15) is 25.3 Å². The highest BCUT2D eigenvalue weighted by Gasteiger charge is 2.30. The van der Waals surface area contributed by atoms with Gasteiger partial charge in [-0.05, 0) is 19.3 Å². The minimum absolute atomic E-state index is 0.0660. The summed E-state index contributed by atoms with van der Waals surface area (Å²) in [6.45, 7) is -0.0669. The first-order chi connectivity index (χ1) is 6.64. The minimum atomic E-state index is -0.516. The van der Waals surface area contributed by atoms with Crippen LogP contribution in [0, 0.1) is 5.41 Å². The molecule has 5 heteroatoms. The molecule has 0 saturated carbocycles. The van der Waals surface area contributed by atoms with Gasteiger partial charge in [0.1, 0.15) is 0 Å². The number of aliphatic hydroxyl groups excluding tert-OH is 3. The van der Waals surface area contributed by atoms with Crippen LogP contribution in [0.3, 0.4) is 0 Å². The van der Waals surface area contributed by atoms with Crippen molar-refractivity contribution in [3.8, 4) is 0 Å². The van der Waals surface area contributed by atoms with Gasteiger partial charge in [0.15, 0.2) is 0 Å². The molecule has 0 rings (SSSR count). The summed E-state index contributed by atoms with van der Waals surface area (Å²) >= 11 is 8.40. The van der Waals surface area contributed by atoms with E-state index in [0.29, 0.717) is 25.0 Å². The van der Waals surface area contributed by atoms with Gasteiger partial charge in [-0.3, -0.25) is 0 Å². The van der Waals surface area contributed by atoms with Crippen molar-refractivity contribution >= 4 is 25.3 Å². The van der Waals surface area contributed by atoms with Crippen LogP contribution in [0.2, 0.25) is 0 Å². The lowest BCUT2D eigenvalue weighted by atomic mass is 9.80. The molecule has 0 aromatic heterocycles. The van der Waals surface area contributed by atoms with Gasteiger partial charge in [0.25, 0.3) is 0 Å². The highest BCUT2D eigenvalue weighted by Crippen LogP contribution is 2.30. The van der Waals surface area contributed by atoms with E-state index in [1.165, 1.54) is 0 Å². The van der Waals surface area contributed by atoms with Gasteiger partial charge < -0.3 is 15.3 Å². The van der Waals surface area contributed by atoms with Crippen LogP contribution in [0.5, 0.6) is 0 Å².